The summed E-state index contributed by atoms with van der Waals surface area (Å²) in [6.45, 7) is 0. The Balaban J connectivity index is 2.21. The Labute approximate surface area is 98.3 Å². The van der Waals surface area contributed by atoms with Crippen LogP contribution in [0.4, 0.5) is 13.2 Å². The molecule has 2 atom stereocenters. The van der Waals surface area contributed by atoms with Gasteiger partial charge >= 0.3 is 6.18 Å². The molecule has 0 aromatic heterocycles. The van der Waals surface area contributed by atoms with E-state index in [9.17, 15) is 18.3 Å². The SMILES string of the molecule is OC1CCCC(c2cccc(C(F)(F)F)c2)C1. The minimum atomic E-state index is -4.29. The van der Waals surface area contributed by atoms with Crippen LogP contribution in [0.1, 0.15) is 42.7 Å². The van der Waals surface area contributed by atoms with Gasteiger partial charge in [0.2, 0.25) is 0 Å². The van der Waals surface area contributed by atoms with E-state index in [0.29, 0.717) is 12.0 Å². The lowest BCUT2D eigenvalue weighted by Crippen LogP contribution is -2.18. The second-order valence-electron chi connectivity index (χ2n) is 4.64. The van der Waals surface area contributed by atoms with E-state index in [1.54, 1.807) is 6.07 Å². The first kappa shape index (κ1) is 12.4. The largest absolute Gasteiger partial charge is 0.416 e. The first-order valence-corrected chi connectivity index (χ1v) is 5.82. The standard InChI is InChI=1S/C13H15F3O/c14-13(15,16)11-5-1-3-9(7-11)10-4-2-6-12(17)8-10/h1,3,5,7,10,12,17H,2,4,6,8H2. The Bertz CT molecular complexity index is 386. The van der Waals surface area contributed by atoms with Gasteiger partial charge in [-0.05, 0) is 36.8 Å². The molecular weight excluding hydrogens is 229 g/mol. The van der Waals surface area contributed by atoms with E-state index < -0.39 is 11.7 Å². The summed E-state index contributed by atoms with van der Waals surface area (Å²) in [5.41, 5.74) is 0.0913. The molecule has 2 rings (SSSR count). The van der Waals surface area contributed by atoms with Crippen molar-refractivity contribution in [2.45, 2.75) is 43.9 Å². The quantitative estimate of drug-likeness (QED) is 0.798. The van der Waals surface area contributed by atoms with Crippen molar-refractivity contribution in [3.8, 4) is 0 Å². The fraction of sp³-hybridized carbons (Fsp3) is 0.538. The number of aliphatic hydroxyl groups excluding tert-OH is 1. The number of benzene rings is 1. The number of aliphatic hydroxyl groups is 1. The maximum absolute atomic E-state index is 12.6. The average Bonchev–Trinajstić information content (AvgIpc) is 2.28. The Hall–Kier alpha value is -1.03. The molecule has 0 heterocycles. The number of hydrogen-bond acceptors (Lipinski definition) is 1. The molecule has 0 spiro atoms. The molecule has 17 heavy (non-hydrogen) atoms. The van der Waals surface area contributed by atoms with Crippen molar-refractivity contribution in [1.29, 1.82) is 0 Å². The molecule has 0 radical (unpaired) electrons. The Morgan fingerprint density at radius 2 is 1.94 bits per heavy atom. The highest BCUT2D eigenvalue weighted by atomic mass is 19.4. The molecule has 0 aliphatic heterocycles. The molecule has 94 valence electrons. The van der Waals surface area contributed by atoms with Crippen LogP contribution in [-0.2, 0) is 6.18 Å². The summed E-state index contributed by atoms with van der Waals surface area (Å²) in [6, 6.07) is 5.46. The highest BCUT2D eigenvalue weighted by Gasteiger charge is 2.31. The lowest BCUT2D eigenvalue weighted by molar-refractivity contribution is -0.137. The van der Waals surface area contributed by atoms with Crippen molar-refractivity contribution in [1.82, 2.24) is 0 Å². The highest BCUT2D eigenvalue weighted by Crippen LogP contribution is 2.36. The van der Waals surface area contributed by atoms with Crippen molar-refractivity contribution in [2.75, 3.05) is 0 Å². The van der Waals surface area contributed by atoms with Crippen molar-refractivity contribution >= 4 is 0 Å². The molecule has 1 aliphatic rings. The Kier molecular flexibility index (Phi) is 3.43. The molecular formula is C13H15F3O. The lowest BCUT2D eigenvalue weighted by Gasteiger charge is -2.26. The van der Waals surface area contributed by atoms with Crippen LogP contribution >= 0.6 is 0 Å². The molecule has 2 unspecified atom stereocenters. The maximum Gasteiger partial charge on any atom is 0.416 e. The molecule has 1 aromatic carbocycles. The smallest absolute Gasteiger partial charge is 0.393 e. The number of hydrogen-bond donors (Lipinski definition) is 1. The van der Waals surface area contributed by atoms with E-state index in [1.165, 1.54) is 12.1 Å². The van der Waals surface area contributed by atoms with Crippen LogP contribution in [0.25, 0.3) is 0 Å². The summed E-state index contributed by atoms with van der Waals surface area (Å²) in [5, 5.41) is 9.55. The summed E-state index contributed by atoms with van der Waals surface area (Å²) in [5.74, 6) is 0.0565. The van der Waals surface area contributed by atoms with E-state index >= 15 is 0 Å². The topological polar surface area (TPSA) is 20.2 Å². The zero-order valence-electron chi connectivity index (χ0n) is 9.37. The van der Waals surface area contributed by atoms with E-state index in [1.807, 2.05) is 0 Å². The Morgan fingerprint density at radius 3 is 2.59 bits per heavy atom. The maximum atomic E-state index is 12.6. The van der Waals surface area contributed by atoms with Gasteiger partial charge in [0.1, 0.15) is 0 Å². The van der Waals surface area contributed by atoms with Gasteiger partial charge in [0.25, 0.3) is 0 Å². The summed E-state index contributed by atoms with van der Waals surface area (Å²) in [7, 11) is 0. The van der Waals surface area contributed by atoms with Crippen LogP contribution in [0, 0.1) is 0 Å². The molecule has 1 fully saturated rings. The van der Waals surface area contributed by atoms with Gasteiger partial charge in [-0.25, -0.2) is 0 Å². The van der Waals surface area contributed by atoms with Gasteiger partial charge in [-0.15, -0.1) is 0 Å². The third-order valence-electron chi connectivity index (χ3n) is 3.33. The van der Waals surface area contributed by atoms with Crippen molar-refractivity contribution in [3.05, 3.63) is 35.4 Å². The van der Waals surface area contributed by atoms with Gasteiger partial charge in [0.05, 0.1) is 11.7 Å². The first-order chi connectivity index (χ1) is 7.97. The minimum Gasteiger partial charge on any atom is -0.393 e. The van der Waals surface area contributed by atoms with E-state index in [4.69, 9.17) is 0 Å². The van der Waals surface area contributed by atoms with Crippen LogP contribution in [0.3, 0.4) is 0 Å². The van der Waals surface area contributed by atoms with E-state index in [2.05, 4.69) is 0 Å². The number of rotatable bonds is 1. The van der Waals surface area contributed by atoms with Crippen molar-refractivity contribution < 1.29 is 18.3 Å². The van der Waals surface area contributed by atoms with Crippen LogP contribution in [0.5, 0.6) is 0 Å². The minimum absolute atomic E-state index is 0.0565. The van der Waals surface area contributed by atoms with Crippen LogP contribution < -0.4 is 0 Å². The molecule has 1 aromatic rings. The fourth-order valence-electron chi connectivity index (χ4n) is 2.44. The van der Waals surface area contributed by atoms with Crippen LogP contribution in [0.15, 0.2) is 24.3 Å². The van der Waals surface area contributed by atoms with Crippen molar-refractivity contribution in [3.63, 3.8) is 0 Å². The van der Waals surface area contributed by atoms with Crippen LogP contribution in [0.2, 0.25) is 0 Å². The molecule has 1 N–H and O–H groups in total. The average molecular weight is 244 g/mol. The van der Waals surface area contributed by atoms with Gasteiger partial charge < -0.3 is 5.11 Å². The van der Waals surface area contributed by atoms with Gasteiger partial charge in [-0.1, -0.05) is 24.6 Å². The predicted octanol–water partition coefficient (Wildman–Crippen LogP) is 3.72. The predicted molar refractivity (Wildman–Crippen MR) is 58.7 cm³/mol. The summed E-state index contributed by atoms with van der Waals surface area (Å²) < 4.78 is 37.7. The van der Waals surface area contributed by atoms with E-state index in [0.717, 1.165) is 25.3 Å². The molecule has 1 nitrogen and oxygen atoms in total. The number of alkyl halides is 3. The molecule has 1 aliphatic carbocycles. The molecule has 1 saturated carbocycles. The van der Waals surface area contributed by atoms with Crippen LogP contribution in [-0.4, -0.2) is 11.2 Å². The summed E-state index contributed by atoms with van der Waals surface area (Å²) >= 11 is 0. The highest BCUT2D eigenvalue weighted by molar-refractivity contribution is 5.28. The first-order valence-electron chi connectivity index (χ1n) is 5.82. The number of halogens is 3. The summed E-state index contributed by atoms with van der Waals surface area (Å²) in [4.78, 5) is 0. The Morgan fingerprint density at radius 1 is 1.18 bits per heavy atom. The van der Waals surface area contributed by atoms with Gasteiger partial charge in [-0.2, -0.15) is 13.2 Å². The lowest BCUT2D eigenvalue weighted by atomic mass is 9.82. The zero-order valence-corrected chi connectivity index (χ0v) is 9.37. The van der Waals surface area contributed by atoms with E-state index in [-0.39, 0.29) is 12.0 Å². The monoisotopic (exact) mass is 244 g/mol. The fourth-order valence-corrected chi connectivity index (χ4v) is 2.44. The van der Waals surface area contributed by atoms with Gasteiger partial charge in [-0.3, -0.25) is 0 Å². The second kappa shape index (κ2) is 4.69. The normalized spacial score (nSPS) is 25.9. The van der Waals surface area contributed by atoms with Gasteiger partial charge in [0.15, 0.2) is 0 Å². The molecule has 0 bridgehead atoms. The zero-order chi connectivity index (χ0) is 12.5. The van der Waals surface area contributed by atoms with Crippen molar-refractivity contribution in [2.24, 2.45) is 0 Å². The molecule has 4 heteroatoms. The summed E-state index contributed by atoms with van der Waals surface area (Å²) in [6.07, 6.45) is -1.59. The van der Waals surface area contributed by atoms with Gasteiger partial charge in [0, 0.05) is 0 Å². The third-order valence-corrected chi connectivity index (χ3v) is 3.33. The molecule has 0 amide bonds. The third kappa shape index (κ3) is 3.00. The second-order valence-corrected chi connectivity index (χ2v) is 4.64. The molecule has 0 saturated heterocycles.